The van der Waals surface area contributed by atoms with E-state index < -0.39 is 0 Å². The van der Waals surface area contributed by atoms with E-state index in [0.717, 1.165) is 18.7 Å². The lowest BCUT2D eigenvalue weighted by Crippen LogP contribution is -2.43. The second-order valence-corrected chi connectivity index (χ2v) is 7.78. The van der Waals surface area contributed by atoms with Crippen LogP contribution in [-0.2, 0) is 5.41 Å². The molecule has 1 atom stereocenters. The van der Waals surface area contributed by atoms with Crippen LogP contribution in [0.4, 0.5) is 0 Å². The van der Waals surface area contributed by atoms with Crippen LogP contribution < -0.4 is 10.1 Å². The number of ether oxygens (including phenoxy) is 1. The van der Waals surface area contributed by atoms with Gasteiger partial charge in [0.25, 0.3) is 0 Å². The SMILES string of the molecule is CCC(C)(C)NCC(C)Oc1ccc(C(C)(C)C)cc1C. The van der Waals surface area contributed by atoms with Crippen molar-refractivity contribution in [3.63, 3.8) is 0 Å². The number of benzene rings is 1. The number of rotatable bonds is 6. The van der Waals surface area contributed by atoms with Crippen LogP contribution in [0.3, 0.4) is 0 Å². The average molecular weight is 291 g/mol. The Balaban J connectivity index is 2.67. The van der Waals surface area contributed by atoms with E-state index >= 15 is 0 Å². The van der Waals surface area contributed by atoms with Crippen molar-refractivity contribution in [2.75, 3.05) is 6.54 Å². The zero-order valence-electron chi connectivity index (χ0n) is 15.1. The van der Waals surface area contributed by atoms with Gasteiger partial charge in [-0.15, -0.1) is 0 Å². The molecule has 2 heteroatoms. The maximum Gasteiger partial charge on any atom is 0.122 e. The van der Waals surface area contributed by atoms with E-state index in [2.05, 4.69) is 78.9 Å². The summed E-state index contributed by atoms with van der Waals surface area (Å²) in [6.07, 6.45) is 1.27. The molecule has 1 aromatic carbocycles. The summed E-state index contributed by atoms with van der Waals surface area (Å²) in [5.74, 6) is 0.992. The Morgan fingerprint density at radius 2 is 1.76 bits per heavy atom. The minimum absolute atomic E-state index is 0.162. The standard InChI is InChI=1S/C19H33NO/c1-9-19(7,8)20-13-15(3)21-17-11-10-16(12-14(17)2)18(4,5)6/h10-12,15,20H,9,13H2,1-8H3. The van der Waals surface area contributed by atoms with Crippen molar-refractivity contribution in [1.82, 2.24) is 5.32 Å². The first-order chi connectivity index (χ1) is 9.55. The van der Waals surface area contributed by atoms with Crippen LogP contribution in [0.5, 0.6) is 5.75 Å². The topological polar surface area (TPSA) is 21.3 Å². The molecule has 0 amide bonds. The quantitative estimate of drug-likeness (QED) is 0.810. The molecule has 0 fully saturated rings. The molecule has 0 bridgehead atoms. The van der Waals surface area contributed by atoms with E-state index in [1.165, 1.54) is 11.1 Å². The molecule has 0 spiro atoms. The average Bonchev–Trinajstić information content (AvgIpc) is 2.38. The summed E-state index contributed by atoms with van der Waals surface area (Å²) in [7, 11) is 0. The van der Waals surface area contributed by atoms with Gasteiger partial charge in [-0.05, 0) is 56.7 Å². The van der Waals surface area contributed by atoms with Crippen molar-refractivity contribution in [2.45, 2.75) is 78.9 Å². The fourth-order valence-corrected chi connectivity index (χ4v) is 2.05. The highest BCUT2D eigenvalue weighted by Crippen LogP contribution is 2.28. The normalized spacial score (nSPS) is 14.1. The maximum atomic E-state index is 6.09. The summed E-state index contributed by atoms with van der Waals surface area (Å²) in [5.41, 5.74) is 2.92. The van der Waals surface area contributed by atoms with Crippen molar-refractivity contribution < 1.29 is 4.74 Å². The Hall–Kier alpha value is -1.02. The lowest BCUT2D eigenvalue weighted by molar-refractivity contribution is 0.197. The molecule has 0 aromatic heterocycles. The van der Waals surface area contributed by atoms with Crippen LogP contribution in [0.25, 0.3) is 0 Å². The second kappa shape index (κ2) is 6.83. The highest BCUT2D eigenvalue weighted by molar-refractivity contribution is 5.38. The first-order valence-electron chi connectivity index (χ1n) is 8.08. The van der Waals surface area contributed by atoms with Crippen LogP contribution >= 0.6 is 0 Å². The minimum atomic E-state index is 0.162. The van der Waals surface area contributed by atoms with E-state index in [4.69, 9.17) is 4.74 Å². The molecule has 1 unspecified atom stereocenters. The monoisotopic (exact) mass is 291 g/mol. The highest BCUT2D eigenvalue weighted by atomic mass is 16.5. The molecule has 1 aromatic rings. The van der Waals surface area contributed by atoms with Gasteiger partial charge in [0.1, 0.15) is 11.9 Å². The molecule has 0 saturated carbocycles. The third kappa shape index (κ3) is 5.70. The van der Waals surface area contributed by atoms with Gasteiger partial charge in [-0.25, -0.2) is 0 Å². The van der Waals surface area contributed by atoms with Gasteiger partial charge in [0.05, 0.1) is 0 Å². The highest BCUT2D eigenvalue weighted by Gasteiger charge is 2.17. The minimum Gasteiger partial charge on any atom is -0.489 e. The zero-order chi connectivity index (χ0) is 16.3. The molecule has 0 aliphatic rings. The molecule has 2 nitrogen and oxygen atoms in total. The largest absolute Gasteiger partial charge is 0.489 e. The van der Waals surface area contributed by atoms with E-state index in [1.807, 2.05) is 0 Å². The van der Waals surface area contributed by atoms with E-state index in [0.29, 0.717) is 0 Å². The Morgan fingerprint density at radius 3 is 2.24 bits per heavy atom. The molecule has 0 aliphatic carbocycles. The van der Waals surface area contributed by atoms with E-state index in [9.17, 15) is 0 Å². The molecule has 120 valence electrons. The number of hydrogen-bond acceptors (Lipinski definition) is 2. The summed E-state index contributed by atoms with van der Waals surface area (Å²) in [4.78, 5) is 0. The molecular weight excluding hydrogens is 258 g/mol. The predicted octanol–water partition coefficient (Wildman–Crippen LogP) is 4.84. The van der Waals surface area contributed by atoms with Gasteiger partial charge in [0, 0.05) is 12.1 Å². The molecule has 21 heavy (non-hydrogen) atoms. The van der Waals surface area contributed by atoms with E-state index in [-0.39, 0.29) is 17.1 Å². The number of aryl methyl sites for hydroxylation is 1. The van der Waals surface area contributed by atoms with Crippen molar-refractivity contribution in [2.24, 2.45) is 0 Å². The Labute approximate surface area is 131 Å². The van der Waals surface area contributed by atoms with Crippen molar-refractivity contribution in [1.29, 1.82) is 0 Å². The first-order valence-corrected chi connectivity index (χ1v) is 8.08. The molecule has 0 radical (unpaired) electrons. The van der Waals surface area contributed by atoms with Crippen molar-refractivity contribution in [3.8, 4) is 5.75 Å². The molecule has 0 heterocycles. The predicted molar refractivity (Wildman–Crippen MR) is 92.3 cm³/mol. The van der Waals surface area contributed by atoms with Crippen molar-refractivity contribution in [3.05, 3.63) is 29.3 Å². The summed E-state index contributed by atoms with van der Waals surface area (Å²) in [6.45, 7) is 18.5. The van der Waals surface area contributed by atoms with Crippen LogP contribution in [0.15, 0.2) is 18.2 Å². The molecule has 0 saturated heterocycles. The summed E-state index contributed by atoms with van der Waals surface area (Å²) >= 11 is 0. The molecular formula is C19H33NO. The van der Waals surface area contributed by atoms with Gasteiger partial charge in [-0.1, -0.05) is 39.8 Å². The Morgan fingerprint density at radius 1 is 1.14 bits per heavy atom. The number of hydrogen-bond donors (Lipinski definition) is 1. The summed E-state index contributed by atoms with van der Waals surface area (Å²) in [6, 6.07) is 6.53. The zero-order valence-corrected chi connectivity index (χ0v) is 15.1. The van der Waals surface area contributed by atoms with Gasteiger partial charge in [-0.3, -0.25) is 0 Å². The second-order valence-electron chi connectivity index (χ2n) is 7.78. The fraction of sp³-hybridized carbons (Fsp3) is 0.684. The van der Waals surface area contributed by atoms with Crippen molar-refractivity contribution >= 4 is 0 Å². The number of nitrogens with one attached hydrogen (secondary N) is 1. The maximum absolute atomic E-state index is 6.09. The van der Waals surface area contributed by atoms with Crippen LogP contribution in [-0.4, -0.2) is 18.2 Å². The van der Waals surface area contributed by atoms with Gasteiger partial charge < -0.3 is 10.1 Å². The molecule has 1 N–H and O–H groups in total. The van der Waals surface area contributed by atoms with Crippen LogP contribution in [0, 0.1) is 6.92 Å². The fourth-order valence-electron chi connectivity index (χ4n) is 2.05. The third-order valence-corrected chi connectivity index (χ3v) is 4.12. The van der Waals surface area contributed by atoms with Gasteiger partial charge in [0.2, 0.25) is 0 Å². The summed E-state index contributed by atoms with van der Waals surface area (Å²) < 4.78 is 6.09. The lowest BCUT2D eigenvalue weighted by atomic mass is 9.86. The third-order valence-electron chi connectivity index (χ3n) is 4.12. The first kappa shape index (κ1) is 18.0. The van der Waals surface area contributed by atoms with Crippen LogP contribution in [0.2, 0.25) is 0 Å². The lowest BCUT2D eigenvalue weighted by Gasteiger charge is -2.27. The molecule has 0 aliphatic heterocycles. The summed E-state index contributed by atoms with van der Waals surface area (Å²) in [5, 5.41) is 3.56. The van der Waals surface area contributed by atoms with E-state index in [1.54, 1.807) is 0 Å². The smallest absolute Gasteiger partial charge is 0.122 e. The Kier molecular flexibility index (Phi) is 5.86. The molecule has 1 rings (SSSR count). The van der Waals surface area contributed by atoms with Crippen LogP contribution in [0.1, 0.15) is 66.0 Å². The van der Waals surface area contributed by atoms with Gasteiger partial charge >= 0.3 is 0 Å². The van der Waals surface area contributed by atoms with Gasteiger partial charge in [-0.2, -0.15) is 0 Å². The van der Waals surface area contributed by atoms with Gasteiger partial charge in [0.15, 0.2) is 0 Å². The Bertz CT molecular complexity index is 457.